The number of halogens is 2. The lowest BCUT2D eigenvalue weighted by Gasteiger charge is -2.12. The van der Waals surface area contributed by atoms with Gasteiger partial charge in [-0.2, -0.15) is 0 Å². The zero-order valence-corrected chi connectivity index (χ0v) is 12.1. The van der Waals surface area contributed by atoms with Gasteiger partial charge in [-0.25, -0.2) is 0 Å². The summed E-state index contributed by atoms with van der Waals surface area (Å²) in [6.07, 6.45) is 0.710. The van der Waals surface area contributed by atoms with Crippen molar-refractivity contribution in [3.8, 4) is 0 Å². The molecule has 0 spiro atoms. The van der Waals surface area contributed by atoms with E-state index in [1.54, 1.807) is 0 Å². The molecule has 2 rings (SSSR count). The molecule has 5 heteroatoms. The monoisotopic (exact) mass is 352 g/mol. The molecule has 82 valence electrons. The zero-order valence-electron chi connectivity index (χ0n) is 8.13. The van der Waals surface area contributed by atoms with Gasteiger partial charge in [0.1, 0.15) is 6.10 Å². The van der Waals surface area contributed by atoms with Crippen LogP contribution in [-0.4, -0.2) is 18.5 Å². The Morgan fingerprint density at radius 3 is 2.80 bits per heavy atom. The van der Waals surface area contributed by atoms with Gasteiger partial charge in [-0.15, -0.1) is 11.3 Å². The molecule has 1 fully saturated rings. The molecule has 2 nitrogen and oxygen atoms in total. The molecule has 1 aliphatic heterocycles. The molecular weight excluding hydrogens is 344 g/mol. The Labute approximate surface area is 109 Å². The van der Waals surface area contributed by atoms with Crippen LogP contribution in [0.1, 0.15) is 23.7 Å². The number of Topliss-reactive ketones (excluding diaryl/α,β-unsaturated/α-hetero) is 1. The lowest BCUT2D eigenvalue weighted by molar-refractivity contribution is 0.0579. The maximum atomic E-state index is 12.1. The number of hydrogen-bond acceptors (Lipinski definition) is 3. The third kappa shape index (κ3) is 2.35. The largest absolute Gasteiger partial charge is 0.370 e. The number of ketones is 1. The second kappa shape index (κ2) is 4.65. The van der Waals surface area contributed by atoms with E-state index < -0.39 is 0 Å². The quantitative estimate of drug-likeness (QED) is 0.754. The van der Waals surface area contributed by atoms with Gasteiger partial charge in [0.25, 0.3) is 0 Å². The first-order valence-corrected chi connectivity index (χ1v) is 7.10. The van der Waals surface area contributed by atoms with Crippen molar-refractivity contribution >= 4 is 49.0 Å². The summed E-state index contributed by atoms with van der Waals surface area (Å²) in [7, 11) is 0. The van der Waals surface area contributed by atoms with E-state index in [2.05, 4.69) is 38.8 Å². The van der Waals surface area contributed by atoms with E-state index >= 15 is 0 Å². The van der Waals surface area contributed by atoms with Crippen molar-refractivity contribution in [3.63, 3.8) is 0 Å². The van der Waals surface area contributed by atoms with Crippen LogP contribution in [0, 0.1) is 5.92 Å². The molecule has 2 atom stereocenters. The molecule has 2 heterocycles. The van der Waals surface area contributed by atoms with Crippen molar-refractivity contribution in [2.75, 3.05) is 6.61 Å². The topological polar surface area (TPSA) is 26.3 Å². The van der Waals surface area contributed by atoms with Gasteiger partial charge in [-0.05, 0) is 50.3 Å². The molecule has 0 aromatic carbocycles. The maximum absolute atomic E-state index is 12.1. The van der Waals surface area contributed by atoms with E-state index in [0.29, 0.717) is 12.5 Å². The molecule has 0 aliphatic carbocycles. The predicted molar refractivity (Wildman–Crippen MR) is 67.6 cm³/mol. The standard InChI is InChI=1S/C10H10Br2O2S/c1-5-2-3-14-9(5)8(13)6-4-7(11)15-10(6)12/h4-5,9H,2-3H2,1H3. The first-order chi connectivity index (χ1) is 7.09. The predicted octanol–water partition coefficient (Wildman–Crippen LogP) is 3.88. The number of ether oxygens (including phenoxy) is 1. The number of thiophene rings is 1. The molecule has 1 aromatic rings. The second-order valence-electron chi connectivity index (χ2n) is 3.66. The SMILES string of the molecule is CC1CCOC1C(=O)c1cc(Br)sc1Br. The van der Waals surface area contributed by atoms with Crippen molar-refractivity contribution in [2.45, 2.75) is 19.4 Å². The molecule has 0 radical (unpaired) electrons. The number of carbonyl (C=O) groups is 1. The lowest BCUT2D eigenvalue weighted by Crippen LogP contribution is -2.25. The molecule has 15 heavy (non-hydrogen) atoms. The lowest BCUT2D eigenvalue weighted by atomic mass is 9.98. The summed E-state index contributed by atoms with van der Waals surface area (Å²) in [6.45, 7) is 2.76. The van der Waals surface area contributed by atoms with Gasteiger partial charge < -0.3 is 4.74 Å². The summed E-state index contributed by atoms with van der Waals surface area (Å²) >= 11 is 8.28. The molecule has 1 aromatic heterocycles. The van der Waals surface area contributed by atoms with Crippen LogP contribution in [0.2, 0.25) is 0 Å². The van der Waals surface area contributed by atoms with E-state index in [1.807, 2.05) is 6.07 Å². The van der Waals surface area contributed by atoms with Crippen molar-refractivity contribution in [1.82, 2.24) is 0 Å². The van der Waals surface area contributed by atoms with Crippen LogP contribution in [0.3, 0.4) is 0 Å². The normalized spacial score (nSPS) is 25.8. The van der Waals surface area contributed by atoms with E-state index in [4.69, 9.17) is 4.74 Å². The number of rotatable bonds is 2. The fraction of sp³-hybridized carbons (Fsp3) is 0.500. The first-order valence-electron chi connectivity index (χ1n) is 4.70. The first kappa shape index (κ1) is 11.8. The molecule has 0 saturated carbocycles. The van der Waals surface area contributed by atoms with Crippen molar-refractivity contribution < 1.29 is 9.53 Å². The van der Waals surface area contributed by atoms with Crippen LogP contribution in [-0.2, 0) is 4.74 Å². The highest BCUT2D eigenvalue weighted by atomic mass is 79.9. The summed E-state index contributed by atoms with van der Waals surface area (Å²) in [6, 6.07) is 1.85. The average Bonchev–Trinajstić information content (AvgIpc) is 2.71. The van der Waals surface area contributed by atoms with Crippen molar-refractivity contribution in [2.24, 2.45) is 5.92 Å². The van der Waals surface area contributed by atoms with Crippen LogP contribution >= 0.6 is 43.2 Å². The Balaban J connectivity index is 2.24. The third-order valence-electron chi connectivity index (χ3n) is 2.57. The van der Waals surface area contributed by atoms with Crippen LogP contribution < -0.4 is 0 Å². The Hall–Kier alpha value is 0.290. The minimum atomic E-state index is -0.261. The van der Waals surface area contributed by atoms with E-state index in [9.17, 15) is 4.79 Å². The highest BCUT2D eigenvalue weighted by Gasteiger charge is 2.33. The summed E-state index contributed by atoms with van der Waals surface area (Å²) in [5, 5.41) is 0. The van der Waals surface area contributed by atoms with Gasteiger partial charge in [-0.1, -0.05) is 6.92 Å². The van der Waals surface area contributed by atoms with Crippen molar-refractivity contribution in [3.05, 3.63) is 19.2 Å². The van der Waals surface area contributed by atoms with Gasteiger partial charge in [0.2, 0.25) is 0 Å². The minimum Gasteiger partial charge on any atom is -0.370 e. The third-order valence-corrected chi connectivity index (χ3v) is 4.91. The summed E-state index contributed by atoms with van der Waals surface area (Å²) < 4.78 is 7.30. The van der Waals surface area contributed by atoms with Crippen LogP contribution in [0.25, 0.3) is 0 Å². The average molecular weight is 354 g/mol. The second-order valence-corrected chi connectivity index (χ2v) is 7.41. The number of carbonyl (C=O) groups excluding carboxylic acids is 1. The highest BCUT2D eigenvalue weighted by molar-refractivity contribution is 9.12. The summed E-state index contributed by atoms with van der Waals surface area (Å²) in [5.74, 6) is 0.414. The van der Waals surface area contributed by atoms with Crippen LogP contribution in [0.5, 0.6) is 0 Å². The van der Waals surface area contributed by atoms with Gasteiger partial charge in [0.05, 0.1) is 7.57 Å². The van der Waals surface area contributed by atoms with Gasteiger partial charge in [-0.3, -0.25) is 4.79 Å². The molecule has 1 saturated heterocycles. The van der Waals surface area contributed by atoms with E-state index in [1.165, 1.54) is 11.3 Å². The van der Waals surface area contributed by atoms with Crippen molar-refractivity contribution in [1.29, 1.82) is 0 Å². The fourth-order valence-corrected chi connectivity index (χ4v) is 4.51. The molecular formula is C10H10Br2O2S. The zero-order chi connectivity index (χ0) is 11.0. The van der Waals surface area contributed by atoms with E-state index in [-0.39, 0.29) is 11.9 Å². The number of hydrogen-bond donors (Lipinski definition) is 0. The fourth-order valence-electron chi connectivity index (χ4n) is 1.69. The van der Waals surface area contributed by atoms with Gasteiger partial charge in [0.15, 0.2) is 5.78 Å². The maximum Gasteiger partial charge on any atom is 0.193 e. The smallest absolute Gasteiger partial charge is 0.193 e. The Kier molecular flexibility index (Phi) is 3.65. The van der Waals surface area contributed by atoms with E-state index in [0.717, 1.165) is 19.6 Å². The molecule has 0 N–H and O–H groups in total. The Morgan fingerprint density at radius 2 is 2.33 bits per heavy atom. The van der Waals surface area contributed by atoms with Crippen LogP contribution in [0.15, 0.2) is 13.6 Å². The summed E-state index contributed by atoms with van der Waals surface area (Å²) in [5.41, 5.74) is 0.727. The molecule has 0 bridgehead atoms. The van der Waals surface area contributed by atoms with Crippen LogP contribution in [0.4, 0.5) is 0 Å². The summed E-state index contributed by atoms with van der Waals surface area (Å²) in [4.78, 5) is 12.1. The highest BCUT2D eigenvalue weighted by Crippen LogP contribution is 2.34. The Morgan fingerprint density at radius 1 is 1.60 bits per heavy atom. The molecule has 2 unspecified atom stereocenters. The minimum absolute atomic E-state index is 0.0915. The van der Waals surface area contributed by atoms with Gasteiger partial charge in [0, 0.05) is 12.2 Å². The molecule has 0 amide bonds. The van der Waals surface area contributed by atoms with Gasteiger partial charge >= 0.3 is 0 Å². The Bertz CT molecular complexity index is 389. The molecule has 1 aliphatic rings.